The molecule has 0 spiro atoms. The maximum atomic E-state index is 11.6. The van der Waals surface area contributed by atoms with Gasteiger partial charge < -0.3 is 5.11 Å². The van der Waals surface area contributed by atoms with E-state index in [0.29, 0.717) is 19.5 Å². The Balaban J connectivity index is 2.03. The van der Waals surface area contributed by atoms with E-state index in [2.05, 4.69) is 6.07 Å². The van der Waals surface area contributed by atoms with Crippen LogP contribution in [-0.4, -0.2) is 37.2 Å². The minimum atomic E-state index is -3.12. The first-order valence-electron chi connectivity index (χ1n) is 7.47. The van der Waals surface area contributed by atoms with Crippen molar-refractivity contribution in [3.63, 3.8) is 0 Å². The van der Waals surface area contributed by atoms with Gasteiger partial charge in [0.05, 0.1) is 12.4 Å². The molecule has 1 aliphatic rings. The standard InChI is InChI=1S/C16H25NO3S/c1-12-6-7-15(13(2)9-12)16(18)10-14-5-4-8-17(11-14)21(3,19)20/h6-7,9,14,16,18H,4-5,8,10-11H2,1-3H3. The van der Waals surface area contributed by atoms with Crippen molar-refractivity contribution in [1.82, 2.24) is 4.31 Å². The van der Waals surface area contributed by atoms with Crippen molar-refractivity contribution in [1.29, 1.82) is 0 Å². The third-order valence-corrected chi connectivity index (χ3v) is 5.56. The number of hydrogen-bond donors (Lipinski definition) is 1. The first-order valence-corrected chi connectivity index (χ1v) is 9.32. The van der Waals surface area contributed by atoms with Crippen molar-refractivity contribution in [3.8, 4) is 0 Å². The van der Waals surface area contributed by atoms with E-state index in [1.165, 1.54) is 16.1 Å². The molecule has 5 heteroatoms. The van der Waals surface area contributed by atoms with Crippen LogP contribution in [0.3, 0.4) is 0 Å². The largest absolute Gasteiger partial charge is 0.388 e. The Morgan fingerprint density at radius 2 is 2.10 bits per heavy atom. The summed E-state index contributed by atoms with van der Waals surface area (Å²) in [4.78, 5) is 0. The van der Waals surface area contributed by atoms with Crippen molar-refractivity contribution in [3.05, 3.63) is 34.9 Å². The lowest BCUT2D eigenvalue weighted by Gasteiger charge is -2.32. The quantitative estimate of drug-likeness (QED) is 0.929. The molecule has 1 N–H and O–H groups in total. The first-order chi connectivity index (χ1) is 9.77. The van der Waals surface area contributed by atoms with Gasteiger partial charge >= 0.3 is 0 Å². The van der Waals surface area contributed by atoms with Gasteiger partial charge in [0.1, 0.15) is 0 Å². The normalized spacial score (nSPS) is 22.2. The highest BCUT2D eigenvalue weighted by molar-refractivity contribution is 7.88. The van der Waals surface area contributed by atoms with E-state index in [9.17, 15) is 13.5 Å². The summed E-state index contributed by atoms with van der Waals surface area (Å²) in [5.41, 5.74) is 3.24. The number of aliphatic hydroxyl groups excluding tert-OH is 1. The van der Waals surface area contributed by atoms with E-state index in [1.807, 2.05) is 26.0 Å². The smallest absolute Gasteiger partial charge is 0.211 e. The molecule has 1 heterocycles. The average Bonchev–Trinajstić information content (AvgIpc) is 2.37. The number of rotatable bonds is 4. The van der Waals surface area contributed by atoms with E-state index in [0.717, 1.165) is 24.0 Å². The lowest BCUT2D eigenvalue weighted by molar-refractivity contribution is 0.122. The third kappa shape index (κ3) is 4.28. The maximum Gasteiger partial charge on any atom is 0.211 e. The highest BCUT2D eigenvalue weighted by Crippen LogP contribution is 2.30. The zero-order valence-corrected chi connectivity index (χ0v) is 13.9. The molecule has 0 aliphatic carbocycles. The van der Waals surface area contributed by atoms with Crippen LogP contribution in [0.5, 0.6) is 0 Å². The molecule has 118 valence electrons. The topological polar surface area (TPSA) is 57.6 Å². The summed E-state index contributed by atoms with van der Waals surface area (Å²) in [6.07, 6.45) is 3.21. The average molecular weight is 311 g/mol. The van der Waals surface area contributed by atoms with Gasteiger partial charge in [0.15, 0.2) is 0 Å². The van der Waals surface area contributed by atoms with E-state index in [1.54, 1.807) is 0 Å². The fourth-order valence-corrected chi connectivity index (χ4v) is 4.11. The molecule has 0 aromatic heterocycles. The van der Waals surface area contributed by atoms with Crippen LogP contribution < -0.4 is 0 Å². The lowest BCUT2D eigenvalue weighted by Crippen LogP contribution is -2.39. The van der Waals surface area contributed by atoms with Crippen LogP contribution in [0.1, 0.15) is 42.1 Å². The second-order valence-electron chi connectivity index (χ2n) is 6.24. The van der Waals surface area contributed by atoms with Gasteiger partial charge in [-0.1, -0.05) is 23.8 Å². The number of nitrogens with zero attached hydrogens (tertiary/aromatic N) is 1. The van der Waals surface area contributed by atoms with Crippen LogP contribution in [0.15, 0.2) is 18.2 Å². The molecule has 0 amide bonds. The van der Waals surface area contributed by atoms with Gasteiger partial charge in [0.2, 0.25) is 10.0 Å². The molecule has 2 rings (SSSR count). The molecule has 0 bridgehead atoms. The van der Waals surface area contributed by atoms with E-state index in [4.69, 9.17) is 0 Å². The molecular formula is C16H25NO3S. The Labute approximate surface area is 127 Å². The SMILES string of the molecule is Cc1ccc(C(O)CC2CCCN(S(C)(=O)=O)C2)c(C)c1. The molecule has 2 unspecified atom stereocenters. The van der Waals surface area contributed by atoms with Crippen molar-refractivity contribution in [2.75, 3.05) is 19.3 Å². The molecule has 21 heavy (non-hydrogen) atoms. The molecule has 4 nitrogen and oxygen atoms in total. The summed E-state index contributed by atoms with van der Waals surface area (Å²) in [5.74, 6) is 0.226. The molecule has 0 saturated carbocycles. The predicted molar refractivity (Wildman–Crippen MR) is 84.6 cm³/mol. The van der Waals surface area contributed by atoms with Gasteiger partial charge in [-0.25, -0.2) is 12.7 Å². The zero-order valence-electron chi connectivity index (χ0n) is 13.0. The fourth-order valence-electron chi connectivity index (χ4n) is 3.16. The molecule has 0 radical (unpaired) electrons. The third-order valence-electron chi connectivity index (χ3n) is 4.29. The van der Waals surface area contributed by atoms with E-state index >= 15 is 0 Å². The maximum absolute atomic E-state index is 11.6. The van der Waals surface area contributed by atoms with Crippen LogP contribution in [0.25, 0.3) is 0 Å². The van der Waals surface area contributed by atoms with Crippen LogP contribution in [-0.2, 0) is 10.0 Å². The summed E-state index contributed by atoms with van der Waals surface area (Å²) in [5, 5.41) is 10.5. The van der Waals surface area contributed by atoms with Crippen LogP contribution in [0.2, 0.25) is 0 Å². The predicted octanol–water partition coefficient (Wildman–Crippen LogP) is 2.40. The second-order valence-corrected chi connectivity index (χ2v) is 8.22. The summed E-state index contributed by atoms with van der Waals surface area (Å²) in [6, 6.07) is 6.06. The molecule has 2 atom stereocenters. The Hall–Kier alpha value is -0.910. The van der Waals surface area contributed by atoms with Crippen LogP contribution in [0.4, 0.5) is 0 Å². The molecule has 1 aromatic carbocycles. The number of benzene rings is 1. The van der Waals surface area contributed by atoms with Crippen LogP contribution >= 0.6 is 0 Å². The van der Waals surface area contributed by atoms with Gasteiger partial charge in [-0.3, -0.25) is 0 Å². The zero-order chi connectivity index (χ0) is 15.6. The molecule has 1 aromatic rings. The number of piperidine rings is 1. The Morgan fingerprint density at radius 3 is 2.71 bits per heavy atom. The summed E-state index contributed by atoms with van der Waals surface area (Å²) >= 11 is 0. The molecular weight excluding hydrogens is 286 g/mol. The number of sulfonamides is 1. The fraction of sp³-hybridized carbons (Fsp3) is 0.625. The van der Waals surface area contributed by atoms with Gasteiger partial charge in [-0.15, -0.1) is 0 Å². The molecule has 1 fully saturated rings. The van der Waals surface area contributed by atoms with Crippen molar-refractivity contribution in [2.24, 2.45) is 5.92 Å². The van der Waals surface area contributed by atoms with E-state index < -0.39 is 16.1 Å². The molecule has 1 saturated heterocycles. The van der Waals surface area contributed by atoms with Crippen LogP contribution in [0, 0.1) is 19.8 Å². The monoisotopic (exact) mass is 311 g/mol. The summed E-state index contributed by atoms with van der Waals surface area (Å²) in [6.45, 7) is 5.18. The number of aryl methyl sites for hydroxylation is 2. The Kier molecular flexibility index (Phi) is 5.07. The Morgan fingerprint density at radius 1 is 1.38 bits per heavy atom. The highest BCUT2D eigenvalue weighted by Gasteiger charge is 2.27. The first kappa shape index (κ1) is 16.5. The number of hydrogen-bond acceptors (Lipinski definition) is 3. The van der Waals surface area contributed by atoms with Gasteiger partial charge in [0, 0.05) is 13.1 Å². The summed E-state index contributed by atoms with van der Waals surface area (Å²) < 4.78 is 24.8. The Bertz CT molecular complexity index is 598. The van der Waals surface area contributed by atoms with Gasteiger partial charge in [-0.05, 0) is 50.2 Å². The van der Waals surface area contributed by atoms with Crippen molar-refractivity contribution in [2.45, 2.75) is 39.2 Å². The molecule has 1 aliphatic heterocycles. The van der Waals surface area contributed by atoms with Gasteiger partial charge in [-0.2, -0.15) is 0 Å². The number of aliphatic hydroxyl groups is 1. The summed E-state index contributed by atoms with van der Waals surface area (Å²) in [7, 11) is -3.12. The van der Waals surface area contributed by atoms with E-state index in [-0.39, 0.29) is 5.92 Å². The minimum absolute atomic E-state index is 0.226. The van der Waals surface area contributed by atoms with Gasteiger partial charge in [0.25, 0.3) is 0 Å². The highest BCUT2D eigenvalue weighted by atomic mass is 32.2. The lowest BCUT2D eigenvalue weighted by atomic mass is 9.89. The second kappa shape index (κ2) is 6.46. The minimum Gasteiger partial charge on any atom is -0.388 e. The van der Waals surface area contributed by atoms with Crippen molar-refractivity contribution >= 4 is 10.0 Å². The van der Waals surface area contributed by atoms with Crippen molar-refractivity contribution < 1.29 is 13.5 Å².